The lowest BCUT2D eigenvalue weighted by molar-refractivity contribution is 0.231. The minimum Gasteiger partial charge on any atom is -0.474 e. The molecule has 1 aromatic heterocycles. The Hall–Kier alpha value is -0.880. The zero-order valence-electron chi connectivity index (χ0n) is 7.41. The Morgan fingerprint density at radius 3 is 2.85 bits per heavy atom. The summed E-state index contributed by atoms with van der Waals surface area (Å²) in [6.45, 7) is 3.84. The number of hydrazine groups is 1. The van der Waals surface area contributed by atoms with Crippen LogP contribution < -0.4 is 16.0 Å². The van der Waals surface area contributed by atoms with Gasteiger partial charge in [0.15, 0.2) is 0 Å². The molecule has 0 spiro atoms. The van der Waals surface area contributed by atoms with E-state index in [4.69, 9.17) is 10.6 Å². The van der Waals surface area contributed by atoms with Crippen molar-refractivity contribution in [1.29, 1.82) is 0 Å². The van der Waals surface area contributed by atoms with Gasteiger partial charge in [0.1, 0.15) is 0 Å². The Morgan fingerprint density at radius 1 is 1.62 bits per heavy atom. The second kappa shape index (κ2) is 4.38. The summed E-state index contributed by atoms with van der Waals surface area (Å²) in [6.07, 6.45) is 1.65. The molecule has 0 aliphatic carbocycles. The lowest BCUT2D eigenvalue weighted by atomic mass is 10.5. The van der Waals surface area contributed by atoms with Crippen molar-refractivity contribution in [3.8, 4) is 5.88 Å². The highest BCUT2D eigenvalue weighted by molar-refractivity contribution is 9.10. The lowest BCUT2D eigenvalue weighted by Crippen LogP contribution is -2.13. The first-order valence-corrected chi connectivity index (χ1v) is 4.58. The van der Waals surface area contributed by atoms with E-state index in [1.807, 2.05) is 13.8 Å². The summed E-state index contributed by atoms with van der Waals surface area (Å²) in [7, 11) is 0. The topological polar surface area (TPSA) is 73.1 Å². The molecule has 0 bridgehead atoms. The highest BCUT2D eigenvalue weighted by atomic mass is 79.9. The molecular weight excluding hydrogens is 236 g/mol. The third kappa shape index (κ3) is 2.82. The van der Waals surface area contributed by atoms with Crippen LogP contribution in [0.1, 0.15) is 13.8 Å². The van der Waals surface area contributed by atoms with Crippen LogP contribution in [0.15, 0.2) is 10.7 Å². The number of nitrogens with two attached hydrogens (primary N) is 1. The van der Waals surface area contributed by atoms with Crippen molar-refractivity contribution in [2.24, 2.45) is 5.84 Å². The van der Waals surface area contributed by atoms with Gasteiger partial charge in [-0.15, -0.1) is 0 Å². The molecule has 1 heterocycles. The fourth-order valence-electron chi connectivity index (χ4n) is 0.727. The third-order valence-corrected chi connectivity index (χ3v) is 1.73. The van der Waals surface area contributed by atoms with Gasteiger partial charge in [-0.1, -0.05) is 0 Å². The largest absolute Gasteiger partial charge is 0.474 e. The van der Waals surface area contributed by atoms with Crippen molar-refractivity contribution >= 4 is 21.9 Å². The van der Waals surface area contributed by atoms with Crippen LogP contribution in [0.4, 0.5) is 5.95 Å². The highest BCUT2D eigenvalue weighted by Crippen LogP contribution is 2.22. The summed E-state index contributed by atoms with van der Waals surface area (Å²) in [4.78, 5) is 7.91. The molecule has 1 aromatic rings. The van der Waals surface area contributed by atoms with Crippen LogP contribution in [0.2, 0.25) is 0 Å². The van der Waals surface area contributed by atoms with Crippen molar-refractivity contribution in [2.75, 3.05) is 5.43 Å². The maximum atomic E-state index is 5.39. The second-order valence-corrected chi connectivity index (χ2v) is 3.51. The SMILES string of the molecule is CC(C)Oc1nc(NN)ncc1Br. The molecule has 0 unspecified atom stereocenters. The zero-order chi connectivity index (χ0) is 9.84. The van der Waals surface area contributed by atoms with Crippen molar-refractivity contribution in [3.05, 3.63) is 10.7 Å². The molecule has 0 aromatic carbocycles. The number of hydrogen-bond donors (Lipinski definition) is 2. The standard InChI is InChI=1S/C7H11BrN4O/c1-4(2)13-6-5(8)3-10-7(11-6)12-9/h3-4H,9H2,1-2H3,(H,10,11,12). The third-order valence-electron chi connectivity index (χ3n) is 1.19. The van der Waals surface area contributed by atoms with E-state index >= 15 is 0 Å². The first-order valence-electron chi connectivity index (χ1n) is 3.79. The van der Waals surface area contributed by atoms with Crippen LogP contribution in [-0.4, -0.2) is 16.1 Å². The van der Waals surface area contributed by atoms with Gasteiger partial charge >= 0.3 is 0 Å². The Kier molecular flexibility index (Phi) is 3.44. The van der Waals surface area contributed by atoms with E-state index in [0.29, 0.717) is 16.3 Å². The number of nitrogens with zero attached hydrogens (tertiary/aromatic N) is 2. The van der Waals surface area contributed by atoms with Gasteiger partial charge in [0, 0.05) is 0 Å². The summed E-state index contributed by atoms with van der Waals surface area (Å²) in [6, 6.07) is 0. The molecule has 72 valence electrons. The van der Waals surface area contributed by atoms with Crippen molar-refractivity contribution in [1.82, 2.24) is 9.97 Å². The average molecular weight is 247 g/mol. The number of halogens is 1. The minimum absolute atomic E-state index is 0.0665. The predicted octanol–water partition coefficient (Wildman–Crippen LogP) is 1.31. The highest BCUT2D eigenvalue weighted by Gasteiger charge is 2.06. The molecule has 0 aliphatic rings. The second-order valence-electron chi connectivity index (χ2n) is 2.66. The number of nitrogens with one attached hydrogen (secondary N) is 1. The van der Waals surface area contributed by atoms with Crippen molar-refractivity contribution < 1.29 is 4.74 Å². The Bertz CT molecular complexity index is 292. The van der Waals surface area contributed by atoms with E-state index in [9.17, 15) is 0 Å². The van der Waals surface area contributed by atoms with E-state index in [1.54, 1.807) is 6.20 Å². The smallest absolute Gasteiger partial charge is 0.240 e. The Balaban J connectivity index is 2.90. The summed E-state index contributed by atoms with van der Waals surface area (Å²) < 4.78 is 6.10. The van der Waals surface area contributed by atoms with Gasteiger partial charge in [-0.3, -0.25) is 5.43 Å². The normalized spacial score (nSPS) is 10.2. The molecular formula is C7H11BrN4O. The van der Waals surface area contributed by atoms with Gasteiger partial charge in [-0.05, 0) is 29.8 Å². The molecule has 6 heteroatoms. The van der Waals surface area contributed by atoms with E-state index in [1.165, 1.54) is 0 Å². The van der Waals surface area contributed by atoms with Crippen molar-refractivity contribution in [3.63, 3.8) is 0 Å². The Morgan fingerprint density at radius 2 is 2.31 bits per heavy atom. The van der Waals surface area contributed by atoms with Gasteiger partial charge in [-0.2, -0.15) is 4.98 Å². The minimum atomic E-state index is 0.0665. The molecule has 0 radical (unpaired) electrons. The first kappa shape index (κ1) is 10.2. The monoisotopic (exact) mass is 246 g/mol. The van der Waals surface area contributed by atoms with E-state index in [2.05, 4.69) is 31.3 Å². The van der Waals surface area contributed by atoms with Gasteiger partial charge in [-0.25, -0.2) is 10.8 Å². The summed E-state index contributed by atoms with van der Waals surface area (Å²) in [5, 5.41) is 0. The summed E-state index contributed by atoms with van der Waals surface area (Å²) in [5.41, 5.74) is 2.34. The fourth-order valence-corrected chi connectivity index (χ4v) is 1.01. The number of ether oxygens (including phenoxy) is 1. The van der Waals surface area contributed by atoms with Gasteiger partial charge in [0.2, 0.25) is 11.8 Å². The average Bonchev–Trinajstić information content (AvgIpc) is 2.08. The van der Waals surface area contributed by atoms with Gasteiger partial charge < -0.3 is 4.74 Å². The number of anilines is 1. The van der Waals surface area contributed by atoms with Crippen LogP contribution in [-0.2, 0) is 0 Å². The fraction of sp³-hybridized carbons (Fsp3) is 0.429. The maximum absolute atomic E-state index is 5.39. The Labute approximate surface area is 84.8 Å². The molecule has 1 rings (SSSR count). The van der Waals surface area contributed by atoms with E-state index < -0.39 is 0 Å². The molecule has 0 amide bonds. The molecule has 13 heavy (non-hydrogen) atoms. The van der Waals surface area contributed by atoms with Gasteiger partial charge in [0.25, 0.3) is 0 Å². The van der Waals surface area contributed by atoms with E-state index in [-0.39, 0.29) is 6.10 Å². The molecule has 5 nitrogen and oxygen atoms in total. The molecule has 3 N–H and O–H groups in total. The van der Waals surface area contributed by atoms with E-state index in [0.717, 1.165) is 0 Å². The van der Waals surface area contributed by atoms with Gasteiger partial charge in [0.05, 0.1) is 16.8 Å². The summed E-state index contributed by atoms with van der Waals surface area (Å²) in [5.74, 6) is 5.97. The molecule has 0 fully saturated rings. The number of rotatable bonds is 3. The van der Waals surface area contributed by atoms with Crippen LogP contribution >= 0.6 is 15.9 Å². The molecule has 0 saturated heterocycles. The van der Waals surface area contributed by atoms with Crippen LogP contribution in [0.5, 0.6) is 5.88 Å². The number of nitrogen functional groups attached to an aromatic ring is 1. The quantitative estimate of drug-likeness (QED) is 0.622. The van der Waals surface area contributed by atoms with Crippen LogP contribution in [0.3, 0.4) is 0 Å². The number of hydrogen-bond acceptors (Lipinski definition) is 5. The first-order chi connectivity index (χ1) is 6.13. The predicted molar refractivity (Wildman–Crippen MR) is 53.3 cm³/mol. The number of aromatic nitrogens is 2. The lowest BCUT2D eigenvalue weighted by Gasteiger charge is -2.10. The molecule has 0 aliphatic heterocycles. The maximum Gasteiger partial charge on any atom is 0.240 e. The molecule has 0 saturated carbocycles. The van der Waals surface area contributed by atoms with Crippen LogP contribution in [0, 0.1) is 0 Å². The molecule has 0 atom stereocenters. The summed E-state index contributed by atoms with van der Waals surface area (Å²) >= 11 is 3.27. The zero-order valence-corrected chi connectivity index (χ0v) is 9.00. The van der Waals surface area contributed by atoms with Crippen LogP contribution in [0.25, 0.3) is 0 Å². The van der Waals surface area contributed by atoms with Crippen molar-refractivity contribution in [2.45, 2.75) is 20.0 Å².